The molecule has 1 aliphatic rings. The van der Waals surface area contributed by atoms with Gasteiger partial charge >= 0.3 is 0 Å². The zero-order valence-corrected chi connectivity index (χ0v) is 17.8. The minimum Gasteiger partial charge on any atom is -0.367 e. The van der Waals surface area contributed by atoms with Crippen LogP contribution in [0.2, 0.25) is 0 Å². The summed E-state index contributed by atoms with van der Waals surface area (Å²) < 4.78 is 2.03. The van der Waals surface area contributed by atoms with Gasteiger partial charge in [0.2, 0.25) is 5.91 Å². The van der Waals surface area contributed by atoms with Crippen LogP contribution in [-0.4, -0.2) is 59.8 Å². The van der Waals surface area contributed by atoms with Gasteiger partial charge in [-0.3, -0.25) is 4.79 Å². The molecule has 0 unspecified atom stereocenters. The molecule has 0 saturated carbocycles. The van der Waals surface area contributed by atoms with Crippen LogP contribution in [0, 0.1) is 0 Å². The molecule has 1 aromatic heterocycles. The Kier molecular flexibility index (Phi) is 6.06. The minimum absolute atomic E-state index is 0.0305. The number of piperazine rings is 1. The quantitative estimate of drug-likeness (QED) is 0.677. The van der Waals surface area contributed by atoms with Crippen molar-refractivity contribution in [3.05, 3.63) is 54.4 Å². The Bertz CT molecular complexity index is 994. The van der Waals surface area contributed by atoms with Gasteiger partial charge in [-0.1, -0.05) is 24.3 Å². The summed E-state index contributed by atoms with van der Waals surface area (Å²) in [7, 11) is 2.15. The molecule has 0 atom stereocenters. The number of para-hydroxylation sites is 4. The highest BCUT2D eigenvalue weighted by molar-refractivity contribution is 7.97. The first-order chi connectivity index (χ1) is 14.2. The Morgan fingerprint density at radius 2 is 1.79 bits per heavy atom. The molecule has 6 nitrogen and oxygen atoms in total. The highest BCUT2D eigenvalue weighted by Crippen LogP contribution is 2.27. The molecule has 2 heterocycles. The number of aromatic nitrogens is 2. The summed E-state index contributed by atoms with van der Waals surface area (Å²) in [5.74, 6) is 1.68. The standard InChI is InChI=1S/C22H27N5OS/c1-25-11-13-26(14-12-25)19-9-5-3-7-17(19)24-22(28)15-27-20-10-6-4-8-18(20)23-21(27)16-29-2/h3-10H,11-16H2,1-2H3,(H,24,28). The number of carbonyl (C=O) groups is 1. The van der Waals surface area contributed by atoms with E-state index < -0.39 is 0 Å². The third-order valence-electron chi connectivity index (χ3n) is 5.33. The fourth-order valence-electron chi connectivity index (χ4n) is 3.78. The van der Waals surface area contributed by atoms with Crippen molar-refractivity contribution in [2.45, 2.75) is 12.3 Å². The van der Waals surface area contributed by atoms with E-state index in [-0.39, 0.29) is 12.5 Å². The number of fused-ring (bicyclic) bond motifs is 1. The molecule has 4 rings (SSSR count). The van der Waals surface area contributed by atoms with Gasteiger partial charge in [-0.25, -0.2) is 4.98 Å². The van der Waals surface area contributed by atoms with Gasteiger partial charge in [0.25, 0.3) is 0 Å². The molecule has 3 aromatic rings. The molecular weight excluding hydrogens is 382 g/mol. The normalized spacial score (nSPS) is 15.0. The molecule has 29 heavy (non-hydrogen) atoms. The van der Waals surface area contributed by atoms with Crippen molar-refractivity contribution in [3.63, 3.8) is 0 Å². The Balaban J connectivity index is 1.54. The molecular formula is C22H27N5OS. The lowest BCUT2D eigenvalue weighted by molar-refractivity contribution is -0.116. The first-order valence-electron chi connectivity index (χ1n) is 9.91. The SMILES string of the molecule is CSCc1nc2ccccc2n1CC(=O)Nc1ccccc1N1CCN(C)CC1. The summed E-state index contributed by atoms with van der Waals surface area (Å²) in [5, 5.41) is 3.14. The molecule has 1 fully saturated rings. The number of thioether (sulfide) groups is 1. The smallest absolute Gasteiger partial charge is 0.244 e. The lowest BCUT2D eigenvalue weighted by atomic mass is 10.2. The van der Waals surface area contributed by atoms with Gasteiger partial charge in [0.15, 0.2) is 0 Å². The van der Waals surface area contributed by atoms with Crippen LogP contribution in [0.3, 0.4) is 0 Å². The number of benzene rings is 2. The van der Waals surface area contributed by atoms with E-state index in [1.807, 2.05) is 47.0 Å². The van der Waals surface area contributed by atoms with E-state index in [2.05, 4.69) is 34.5 Å². The Morgan fingerprint density at radius 3 is 2.59 bits per heavy atom. The van der Waals surface area contributed by atoms with Gasteiger partial charge in [-0.15, -0.1) is 0 Å². The largest absolute Gasteiger partial charge is 0.367 e. The second-order valence-corrected chi connectivity index (χ2v) is 8.26. The molecule has 1 saturated heterocycles. The maximum atomic E-state index is 13.0. The third kappa shape index (κ3) is 4.41. The van der Waals surface area contributed by atoms with Gasteiger partial charge < -0.3 is 19.7 Å². The van der Waals surface area contributed by atoms with Gasteiger partial charge in [0, 0.05) is 26.2 Å². The highest BCUT2D eigenvalue weighted by atomic mass is 32.2. The van der Waals surface area contributed by atoms with Crippen molar-refractivity contribution in [2.24, 2.45) is 0 Å². The molecule has 0 aliphatic carbocycles. The van der Waals surface area contributed by atoms with Gasteiger partial charge in [0.1, 0.15) is 12.4 Å². The first-order valence-corrected chi connectivity index (χ1v) is 11.3. The van der Waals surface area contributed by atoms with Crippen molar-refractivity contribution >= 4 is 40.1 Å². The molecule has 0 spiro atoms. The summed E-state index contributed by atoms with van der Waals surface area (Å²) in [4.78, 5) is 22.4. The van der Waals surface area contributed by atoms with E-state index in [9.17, 15) is 4.79 Å². The molecule has 1 amide bonds. The van der Waals surface area contributed by atoms with Crippen molar-refractivity contribution in [2.75, 3.05) is 49.7 Å². The van der Waals surface area contributed by atoms with Crippen LogP contribution in [0.1, 0.15) is 5.82 Å². The second kappa shape index (κ2) is 8.88. The van der Waals surface area contributed by atoms with Crippen molar-refractivity contribution in [1.82, 2.24) is 14.5 Å². The van der Waals surface area contributed by atoms with Crippen molar-refractivity contribution < 1.29 is 4.79 Å². The van der Waals surface area contributed by atoms with Crippen LogP contribution in [0.15, 0.2) is 48.5 Å². The van der Waals surface area contributed by atoms with Crippen LogP contribution in [0.4, 0.5) is 11.4 Å². The average Bonchev–Trinajstić information content (AvgIpc) is 3.07. The van der Waals surface area contributed by atoms with E-state index in [0.29, 0.717) is 0 Å². The number of imidazole rings is 1. The molecule has 152 valence electrons. The lowest BCUT2D eigenvalue weighted by Crippen LogP contribution is -2.44. The number of hydrogen-bond acceptors (Lipinski definition) is 5. The zero-order chi connectivity index (χ0) is 20.2. The summed E-state index contributed by atoms with van der Waals surface area (Å²) in [5.41, 5.74) is 3.90. The van der Waals surface area contributed by atoms with Gasteiger partial charge in [-0.2, -0.15) is 11.8 Å². The van der Waals surface area contributed by atoms with Crippen LogP contribution in [0.25, 0.3) is 11.0 Å². The second-order valence-electron chi connectivity index (χ2n) is 7.39. The number of nitrogens with one attached hydrogen (secondary N) is 1. The predicted octanol–water partition coefficient (Wildman–Crippen LogP) is 3.29. The van der Waals surface area contributed by atoms with Gasteiger partial charge in [0.05, 0.1) is 28.2 Å². The van der Waals surface area contributed by atoms with E-state index in [1.165, 1.54) is 0 Å². The van der Waals surface area contributed by atoms with E-state index in [0.717, 1.165) is 60.2 Å². The number of carbonyl (C=O) groups excluding carboxylic acids is 1. The van der Waals surface area contributed by atoms with E-state index in [4.69, 9.17) is 4.98 Å². The number of hydrogen-bond donors (Lipinski definition) is 1. The fourth-order valence-corrected chi connectivity index (χ4v) is 4.26. The van der Waals surface area contributed by atoms with Crippen LogP contribution in [0.5, 0.6) is 0 Å². The van der Waals surface area contributed by atoms with Crippen molar-refractivity contribution in [1.29, 1.82) is 0 Å². The van der Waals surface area contributed by atoms with Crippen molar-refractivity contribution in [3.8, 4) is 0 Å². The number of likely N-dealkylation sites (N-methyl/N-ethyl adjacent to an activating group) is 1. The number of anilines is 2. The lowest BCUT2D eigenvalue weighted by Gasteiger charge is -2.35. The molecule has 1 N–H and O–H groups in total. The summed E-state index contributed by atoms with van der Waals surface area (Å²) in [6, 6.07) is 16.1. The monoisotopic (exact) mass is 409 g/mol. The Hall–Kier alpha value is -2.51. The topological polar surface area (TPSA) is 53.4 Å². The summed E-state index contributed by atoms with van der Waals surface area (Å²) in [6.45, 7) is 4.25. The summed E-state index contributed by atoms with van der Waals surface area (Å²) >= 11 is 1.71. The number of nitrogens with zero attached hydrogens (tertiary/aromatic N) is 4. The third-order valence-corrected chi connectivity index (χ3v) is 5.88. The van der Waals surface area contributed by atoms with Gasteiger partial charge in [-0.05, 0) is 37.6 Å². The maximum absolute atomic E-state index is 13.0. The van der Waals surface area contributed by atoms with Crippen LogP contribution >= 0.6 is 11.8 Å². The minimum atomic E-state index is -0.0305. The van der Waals surface area contributed by atoms with E-state index in [1.54, 1.807) is 11.8 Å². The maximum Gasteiger partial charge on any atom is 0.244 e. The predicted molar refractivity (Wildman–Crippen MR) is 122 cm³/mol. The fraction of sp³-hybridized carbons (Fsp3) is 0.364. The van der Waals surface area contributed by atoms with Crippen LogP contribution in [-0.2, 0) is 17.1 Å². The molecule has 7 heteroatoms. The number of amides is 1. The molecule has 2 aromatic carbocycles. The zero-order valence-electron chi connectivity index (χ0n) is 17.0. The molecule has 0 radical (unpaired) electrons. The number of rotatable bonds is 6. The molecule has 1 aliphatic heterocycles. The van der Waals surface area contributed by atoms with E-state index >= 15 is 0 Å². The average molecular weight is 410 g/mol. The summed E-state index contributed by atoms with van der Waals surface area (Å²) in [6.07, 6.45) is 2.05. The Labute approximate surface area is 175 Å². The first kappa shape index (κ1) is 19.8. The Morgan fingerprint density at radius 1 is 1.07 bits per heavy atom. The van der Waals surface area contributed by atoms with Crippen LogP contribution < -0.4 is 10.2 Å². The highest BCUT2D eigenvalue weighted by Gasteiger charge is 2.19. The molecule has 0 bridgehead atoms.